The molecular weight excluding hydrogens is 168 g/mol. The molecule has 1 rings (SSSR count). The molecule has 1 radical (unpaired) electrons. The van der Waals surface area contributed by atoms with Gasteiger partial charge in [-0.3, -0.25) is 0 Å². The first-order chi connectivity index (χ1) is 6.24. The van der Waals surface area contributed by atoms with E-state index in [-0.39, 0.29) is 6.42 Å². The van der Waals surface area contributed by atoms with E-state index >= 15 is 0 Å². The normalized spacial score (nSPS) is 12.2. The molecule has 0 heterocycles. The number of ether oxygens (including phenoxy) is 1. The SMILES string of the molecule is COC(=O)C([O])Cc1ccccc1. The lowest BCUT2D eigenvalue weighted by Gasteiger charge is -2.05. The summed E-state index contributed by atoms with van der Waals surface area (Å²) in [5.41, 5.74) is 0.855. The van der Waals surface area contributed by atoms with Crippen LogP contribution in [0.2, 0.25) is 0 Å². The van der Waals surface area contributed by atoms with Gasteiger partial charge in [0.25, 0.3) is 0 Å². The fourth-order valence-corrected chi connectivity index (χ4v) is 1.04. The van der Waals surface area contributed by atoms with Crippen LogP contribution in [0.15, 0.2) is 30.3 Å². The Morgan fingerprint density at radius 3 is 2.54 bits per heavy atom. The average molecular weight is 179 g/mol. The van der Waals surface area contributed by atoms with Crippen molar-refractivity contribution < 1.29 is 14.6 Å². The third-order valence-corrected chi connectivity index (χ3v) is 1.73. The van der Waals surface area contributed by atoms with Crippen LogP contribution < -0.4 is 0 Å². The zero-order valence-corrected chi connectivity index (χ0v) is 7.40. The summed E-state index contributed by atoms with van der Waals surface area (Å²) in [7, 11) is 1.22. The van der Waals surface area contributed by atoms with Crippen LogP contribution in [0.3, 0.4) is 0 Å². The van der Waals surface area contributed by atoms with Crippen LogP contribution in [0.4, 0.5) is 0 Å². The van der Waals surface area contributed by atoms with Crippen LogP contribution in [0.5, 0.6) is 0 Å². The summed E-state index contributed by atoms with van der Waals surface area (Å²) in [5.74, 6) is -0.705. The van der Waals surface area contributed by atoms with Gasteiger partial charge < -0.3 is 4.74 Å². The number of hydrogen-bond acceptors (Lipinski definition) is 2. The molecule has 0 aromatic heterocycles. The Morgan fingerprint density at radius 2 is 2.00 bits per heavy atom. The standard InChI is InChI=1S/C10H11O3/c1-13-10(12)9(11)7-8-5-3-2-4-6-8/h2-6,9H,7H2,1H3. The summed E-state index contributed by atoms with van der Waals surface area (Å²) < 4.78 is 4.33. The number of carbonyl (C=O) groups excluding carboxylic acids is 1. The maximum atomic E-state index is 11.2. The number of benzene rings is 1. The lowest BCUT2D eigenvalue weighted by atomic mass is 10.1. The fourth-order valence-electron chi connectivity index (χ4n) is 1.04. The molecule has 0 saturated heterocycles. The molecule has 0 aliphatic carbocycles. The molecular formula is C10H11O3. The fraction of sp³-hybridized carbons (Fsp3) is 0.300. The van der Waals surface area contributed by atoms with E-state index in [2.05, 4.69) is 4.74 Å². The molecule has 0 aliphatic rings. The van der Waals surface area contributed by atoms with Gasteiger partial charge in [-0.25, -0.2) is 9.90 Å². The lowest BCUT2D eigenvalue weighted by molar-refractivity contribution is -0.153. The van der Waals surface area contributed by atoms with Gasteiger partial charge >= 0.3 is 5.97 Å². The number of carbonyl (C=O) groups is 1. The predicted molar refractivity (Wildman–Crippen MR) is 46.6 cm³/mol. The van der Waals surface area contributed by atoms with E-state index in [0.717, 1.165) is 5.56 Å². The lowest BCUT2D eigenvalue weighted by Crippen LogP contribution is -2.22. The predicted octanol–water partition coefficient (Wildman–Crippen LogP) is 1.20. The zero-order valence-electron chi connectivity index (χ0n) is 7.40. The largest absolute Gasteiger partial charge is 0.467 e. The van der Waals surface area contributed by atoms with Crippen molar-refractivity contribution in [2.24, 2.45) is 0 Å². The first-order valence-corrected chi connectivity index (χ1v) is 4.01. The summed E-state index contributed by atoms with van der Waals surface area (Å²) in [6, 6.07) is 9.15. The van der Waals surface area contributed by atoms with E-state index in [4.69, 9.17) is 0 Å². The maximum absolute atomic E-state index is 11.2. The van der Waals surface area contributed by atoms with E-state index in [1.807, 2.05) is 30.3 Å². The molecule has 0 spiro atoms. The molecule has 69 valence electrons. The average Bonchev–Trinajstić information content (AvgIpc) is 2.18. The third kappa shape index (κ3) is 2.87. The number of esters is 1. The van der Waals surface area contributed by atoms with Crippen molar-refractivity contribution in [3.05, 3.63) is 35.9 Å². The molecule has 0 bridgehead atoms. The second-order valence-corrected chi connectivity index (χ2v) is 2.70. The van der Waals surface area contributed by atoms with Crippen molar-refractivity contribution in [1.82, 2.24) is 0 Å². The molecule has 1 unspecified atom stereocenters. The summed E-state index contributed by atoms with van der Waals surface area (Å²) in [6.07, 6.45) is -1.12. The molecule has 0 N–H and O–H groups in total. The summed E-state index contributed by atoms with van der Waals surface area (Å²) in [5, 5.41) is 11.2. The third-order valence-electron chi connectivity index (χ3n) is 1.73. The molecule has 13 heavy (non-hydrogen) atoms. The van der Waals surface area contributed by atoms with Crippen molar-refractivity contribution in [3.8, 4) is 0 Å². The van der Waals surface area contributed by atoms with Crippen molar-refractivity contribution in [2.75, 3.05) is 7.11 Å². The quantitative estimate of drug-likeness (QED) is 0.654. The number of hydrogen-bond donors (Lipinski definition) is 0. The van der Waals surface area contributed by atoms with Crippen molar-refractivity contribution in [2.45, 2.75) is 12.5 Å². The monoisotopic (exact) mass is 179 g/mol. The highest BCUT2D eigenvalue weighted by Crippen LogP contribution is 2.04. The highest BCUT2D eigenvalue weighted by Gasteiger charge is 2.17. The van der Waals surface area contributed by atoms with Gasteiger partial charge in [0.15, 0.2) is 6.10 Å². The maximum Gasteiger partial charge on any atom is 0.338 e. The summed E-state index contributed by atoms with van der Waals surface area (Å²) in [6.45, 7) is 0. The van der Waals surface area contributed by atoms with Gasteiger partial charge in [-0.2, -0.15) is 0 Å². The Balaban J connectivity index is 2.55. The number of rotatable bonds is 3. The number of methoxy groups -OCH3 is 1. The molecule has 1 atom stereocenters. The van der Waals surface area contributed by atoms with Crippen LogP contribution in [-0.2, 0) is 21.1 Å². The molecule has 3 heteroatoms. The topological polar surface area (TPSA) is 46.2 Å². The summed E-state index contributed by atoms with van der Waals surface area (Å²) >= 11 is 0. The first-order valence-electron chi connectivity index (χ1n) is 4.01. The minimum atomic E-state index is -1.31. The van der Waals surface area contributed by atoms with E-state index < -0.39 is 12.1 Å². The first kappa shape index (κ1) is 9.74. The molecule has 1 aromatic carbocycles. The Kier molecular flexibility index (Phi) is 3.46. The van der Waals surface area contributed by atoms with Crippen molar-refractivity contribution >= 4 is 5.97 Å². The van der Waals surface area contributed by atoms with Gasteiger partial charge in [-0.05, 0) is 5.56 Å². The van der Waals surface area contributed by atoms with Crippen LogP contribution in [0.25, 0.3) is 0 Å². The van der Waals surface area contributed by atoms with E-state index in [1.165, 1.54) is 7.11 Å². The second kappa shape index (κ2) is 4.62. The van der Waals surface area contributed by atoms with Crippen molar-refractivity contribution in [1.29, 1.82) is 0 Å². The Labute approximate surface area is 77.0 Å². The molecule has 3 nitrogen and oxygen atoms in total. The minimum absolute atomic E-state index is 0.188. The molecule has 1 aromatic rings. The van der Waals surface area contributed by atoms with Crippen LogP contribution in [0, 0.1) is 0 Å². The molecule has 0 amide bonds. The van der Waals surface area contributed by atoms with Crippen LogP contribution >= 0.6 is 0 Å². The van der Waals surface area contributed by atoms with Crippen LogP contribution in [-0.4, -0.2) is 19.2 Å². The van der Waals surface area contributed by atoms with Gasteiger partial charge in [0.05, 0.1) is 7.11 Å². The van der Waals surface area contributed by atoms with Crippen molar-refractivity contribution in [3.63, 3.8) is 0 Å². The summed E-state index contributed by atoms with van der Waals surface area (Å²) in [4.78, 5) is 10.8. The minimum Gasteiger partial charge on any atom is -0.467 e. The second-order valence-electron chi connectivity index (χ2n) is 2.70. The smallest absolute Gasteiger partial charge is 0.338 e. The van der Waals surface area contributed by atoms with Gasteiger partial charge in [0.1, 0.15) is 0 Å². The van der Waals surface area contributed by atoms with E-state index in [0.29, 0.717) is 0 Å². The van der Waals surface area contributed by atoms with E-state index in [1.54, 1.807) is 0 Å². The Morgan fingerprint density at radius 1 is 1.38 bits per heavy atom. The molecule has 0 saturated carbocycles. The van der Waals surface area contributed by atoms with Crippen LogP contribution in [0.1, 0.15) is 5.56 Å². The van der Waals surface area contributed by atoms with Gasteiger partial charge in [-0.15, -0.1) is 0 Å². The Bertz CT molecular complexity index is 269. The van der Waals surface area contributed by atoms with Gasteiger partial charge in [0, 0.05) is 6.42 Å². The Hall–Kier alpha value is -1.35. The highest BCUT2D eigenvalue weighted by molar-refractivity contribution is 5.74. The van der Waals surface area contributed by atoms with E-state index in [9.17, 15) is 9.90 Å². The van der Waals surface area contributed by atoms with Gasteiger partial charge in [-0.1, -0.05) is 30.3 Å². The zero-order chi connectivity index (χ0) is 9.68. The highest BCUT2D eigenvalue weighted by atomic mass is 16.5. The molecule has 0 aliphatic heterocycles. The molecule has 0 fully saturated rings. The van der Waals surface area contributed by atoms with Gasteiger partial charge in [0.2, 0.25) is 0 Å².